The number of ether oxygens (including phenoxy) is 1. The second-order valence-corrected chi connectivity index (χ2v) is 5.53. The molecule has 2 aliphatic carbocycles. The van der Waals surface area contributed by atoms with Crippen LogP contribution in [0, 0.1) is 5.92 Å². The van der Waals surface area contributed by atoms with Gasteiger partial charge in [0.25, 0.3) is 0 Å². The maximum Gasteiger partial charge on any atom is 0.306 e. The molecule has 19 heavy (non-hydrogen) atoms. The number of carbonyl (C=O) groups is 2. The van der Waals surface area contributed by atoms with Gasteiger partial charge in [0.1, 0.15) is 6.61 Å². The number of likely N-dealkylation sites (N-methyl/N-ethyl adjacent to an activating group) is 1. The summed E-state index contributed by atoms with van der Waals surface area (Å²) in [6.07, 6.45) is 5.10. The number of hydrogen-bond donors (Lipinski definition) is 1. The van der Waals surface area contributed by atoms with E-state index in [0.29, 0.717) is 18.9 Å². The molecule has 0 unspecified atom stereocenters. The van der Waals surface area contributed by atoms with E-state index in [1.165, 1.54) is 0 Å². The van der Waals surface area contributed by atoms with Crippen molar-refractivity contribution >= 4 is 11.9 Å². The van der Waals surface area contributed by atoms with Crippen LogP contribution in [0.3, 0.4) is 0 Å². The Morgan fingerprint density at radius 3 is 2.26 bits per heavy atom. The molecule has 0 bridgehead atoms. The molecule has 0 spiro atoms. The minimum Gasteiger partial charge on any atom is -0.481 e. The molecule has 2 fully saturated rings. The van der Waals surface area contributed by atoms with Crippen molar-refractivity contribution in [2.24, 2.45) is 5.92 Å². The van der Waals surface area contributed by atoms with Crippen LogP contribution in [0.1, 0.15) is 45.4 Å². The van der Waals surface area contributed by atoms with Gasteiger partial charge in [0.15, 0.2) is 0 Å². The molecule has 0 radical (unpaired) electrons. The Morgan fingerprint density at radius 1 is 1.16 bits per heavy atom. The smallest absolute Gasteiger partial charge is 0.306 e. The summed E-state index contributed by atoms with van der Waals surface area (Å²) in [6, 6.07) is 0.434. The molecule has 5 heteroatoms. The highest BCUT2D eigenvalue weighted by atomic mass is 16.5. The van der Waals surface area contributed by atoms with E-state index in [-0.39, 0.29) is 24.5 Å². The molecular formula is C14H23NO4. The van der Waals surface area contributed by atoms with Crippen LogP contribution in [0.5, 0.6) is 0 Å². The number of hydrogen-bond acceptors (Lipinski definition) is 3. The number of rotatable bonds is 6. The van der Waals surface area contributed by atoms with Gasteiger partial charge in [-0.05, 0) is 45.4 Å². The van der Waals surface area contributed by atoms with Crippen LogP contribution >= 0.6 is 0 Å². The fraction of sp³-hybridized carbons (Fsp3) is 0.857. The largest absolute Gasteiger partial charge is 0.481 e. The van der Waals surface area contributed by atoms with E-state index in [9.17, 15) is 9.59 Å². The van der Waals surface area contributed by atoms with Gasteiger partial charge in [0, 0.05) is 12.6 Å². The van der Waals surface area contributed by atoms with Crippen molar-refractivity contribution in [3.63, 3.8) is 0 Å². The van der Waals surface area contributed by atoms with Gasteiger partial charge in [0.2, 0.25) is 5.91 Å². The molecule has 0 aromatic heterocycles. The van der Waals surface area contributed by atoms with Gasteiger partial charge in [-0.3, -0.25) is 9.59 Å². The van der Waals surface area contributed by atoms with Crippen LogP contribution < -0.4 is 0 Å². The first kappa shape index (κ1) is 14.3. The van der Waals surface area contributed by atoms with Crippen molar-refractivity contribution in [1.82, 2.24) is 4.90 Å². The van der Waals surface area contributed by atoms with E-state index >= 15 is 0 Å². The number of carboxylic acid groups (broad SMARTS) is 1. The minimum atomic E-state index is -0.708. The summed E-state index contributed by atoms with van der Waals surface area (Å²) < 4.78 is 5.65. The molecule has 0 aromatic carbocycles. The molecule has 2 aliphatic rings. The zero-order valence-corrected chi connectivity index (χ0v) is 11.5. The first-order valence-corrected chi connectivity index (χ1v) is 7.25. The third kappa shape index (κ3) is 3.93. The van der Waals surface area contributed by atoms with Gasteiger partial charge in [0.05, 0.1) is 12.0 Å². The maximum atomic E-state index is 12.0. The van der Waals surface area contributed by atoms with E-state index in [1.807, 2.05) is 11.8 Å². The number of amides is 1. The zero-order chi connectivity index (χ0) is 13.8. The van der Waals surface area contributed by atoms with Gasteiger partial charge in [-0.1, -0.05) is 0 Å². The Hall–Kier alpha value is -1.10. The molecule has 5 nitrogen and oxygen atoms in total. The van der Waals surface area contributed by atoms with Crippen LogP contribution in [0.15, 0.2) is 0 Å². The highest BCUT2D eigenvalue weighted by molar-refractivity contribution is 5.78. The molecule has 0 atom stereocenters. The number of aliphatic carboxylic acids is 1. The summed E-state index contributed by atoms with van der Waals surface area (Å²) in [5.41, 5.74) is 0. The fourth-order valence-electron chi connectivity index (χ4n) is 2.77. The predicted octanol–water partition coefficient (Wildman–Crippen LogP) is 1.66. The van der Waals surface area contributed by atoms with Crippen LogP contribution in [0.4, 0.5) is 0 Å². The van der Waals surface area contributed by atoms with Crippen molar-refractivity contribution in [2.45, 2.75) is 57.6 Å². The Labute approximate surface area is 113 Å². The Bertz CT molecular complexity index is 332. The lowest BCUT2D eigenvalue weighted by atomic mass is 9.87. The molecule has 0 aromatic rings. The van der Waals surface area contributed by atoms with Gasteiger partial charge >= 0.3 is 5.97 Å². The van der Waals surface area contributed by atoms with Crippen LogP contribution in [0.25, 0.3) is 0 Å². The summed E-state index contributed by atoms with van der Waals surface area (Å²) in [5, 5.41) is 8.91. The summed E-state index contributed by atoms with van der Waals surface area (Å²) in [7, 11) is 0. The summed E-state index contributed by atoms with van der Waals surface area (Å²) in [5.74, 6) is -0.861. The Morgan fingerprint density at radius 2 is 1.79 bits per heavy atom. The fourth-order valence-corrected chi connectivity index (χ4v) is 2.77. The van der Waals surface area contributed by atoms with Gasteiger partial charge in [-0.15, -0.1) is 0 Å². The minimum absolute atomic E-state index is 0.0532. The summed E-state index contributed by atoms with van der Waals surface area (Å²) in [6.45, 7) is 2.89. The molecule has 2 rings (SSSR count). The van der Waals surface area contributed by atoms with E-state index in [1.54, 1.807) is 0 Å². The van der Waals surface area contributed by atoms with Crippen molar-refractivity contribution in [3.8, 4) is 0 Å². The number of carboxylic acids is 1. The molecule has 0 saturated heterocycles. The molecule has 0 aliphatic heterocycles. The summed E-state index contributed by atoms with van der Waals surface area (Å²) in [4.78, 5) is 24.7. The van der Waals surface area contributed by atoms with E-state index in [4.69, 9.17) is 9.84 Å². The third-order valence-corrected chi connectivity index (χ3v) is 4.11. The quantitative estimate of drug-likeness (QED) is 0.796. The third-order valence-electron chi connectivity index (χ3n) is 4.11. The standard InChI is InChI=1S/C14H23NO4/c1-2-15(11-5-6-11)13(16)9-19-12-7-3-10(4-8-12)14(17)18/h10-12H,2-9H2,1H3,(H,17,18). The molecule has 2 saturated carbocycles. The summed E-state index contributed by atoms with van der Waals surface area (Å²) >= 11 is 0. The first-order valence-electron chi connectivity index (χ1n) is 7.25. The van der Waals surface area contributed by atoms with Crippen LogP contribution in [-0.2, 0) is 14.3 Å². The lowest BCUT2D eigenvalue weighted by Crippen LogP contribution is -2.37. The highest BCUT2D eigenvalue weighted by Gasteiger charge is 2.32. The van der Waals surface area contributed by atoms with Crippen molar-refractivity contribution in [3.05, 3.63) is 0 Å². The monoisotopic (exact) mass is 269 g/mol. The predicted molar refractivity (Wildman–Crippen MR) is 69.7 cm³/mol. The molecule has 1 amide bonds. The second kappa shape index (κ2) is 6.37. The van der Waals surface area contributed by atoms with Crippen LogP contribution in [0.2, 0.25) is 0 Å². The normalized spacial score (nSPS) is 27.0. The Kier molecular flexibility index (Phi) is 4.80. The van der Waals surface area contributed by atoms with Crippen molar-refractivity contribution in [2.75, 3.05) is 13.2 Å². The number of nitrogens with zero attached hydrogens (tertiary/aromatic N) is 1. The van der Waals surface area contributed by atoms with Gasteiger partial charge in [-0.25, -0.2) is 0 Å². The maximum absolute atomic E-state index is 12.0. The van der Waals surface area contributed by atoms with Crippen molar-refractivity contribution in [1.29, 1.82) is 0 Å². The first-order chi connectivity index (χ1) is 9.11. The second-order valence-electron chi connectivity index (χ2n) is 5.53. The molecule has 108 valence electrons. The van der Waals surface area contributed by atoms with Crippen molar-refractivity contribution < 1.29 is 19.4 Å². The van der Waals surface area contributed by atoms with E-state index in [2.05, 4.69) is 0 Å². The SMILES string of the molecule is CCN(C(=O)COC1CCC(C(=O)O)CC1)C1CC1. The molecular weight excluding hydrogens is 246 g/mol. The topological polar surface area (TPSA) is 66.8 Å². The molecule has 0 heterocycles. The zero-order valence-electron chi connectivity index (χ0n) is 11.5. The number of carbonyl (C=O) groups excluding carboxylic acids is 1. The lowest BCUT2D eigenvalue weighted by molar-refractivity contribution is -0.146. The van der Waals surface area contributed by atoms with E-state index in [0.717, 1.165) is 32.2 Å². The average Bonchev–Trinajstić information content (AvgIpc) is 3.22. The lowest BCUT2D eigenvalue weighted by Gasteiger charge is -2.27. The average molecular weight is 269 g/mol. The van der Waals surface area contributed by atoms with Crippen LogP contribution in [-0.4, -0.2) is 47.2 Å². The van der Waals surface area contributed by atoms with E-state index < -0.39 is 5.97 Å². The van der Waals surface area contributed by atoms with Gasteiger partial charge < -0.3 is 14.7 Å². The molecule has 1 N–H and O–H groups in total. The Balaban J connectivity index is 1.68. The van der Waals surface area contributed by atoms with Gasteiger partial charge in [-0.2, -0.15) is 0 Å². The highest BCUT2D eigenvalue weighted by Crippen LogP contribution is 2.28.